The van der Waals surface area contributed by atoms with Gasteiger partial charge < -0.3 is 14.5 Å². The summed E-state index contributed by atoms with van der Waals surface area (Å²) in [6.45, 7) is 6.93. The van der Waals surface area contributed by atoms with Gasteiger partial charge in [-0.15, -0.1) is 0 Å². The van der Waals surface area contributed by atoms with Gasteiger partial charge in [0.25, 0.3) is 0 Å². The number of aryl methyl sites for hydroxylation is 1. The third-order valence-corrected chi connectivity index (χ3v) is 4.43. The third kappa shape index (κ3) is 4.18. The smallest absolute Gasteiger partial charge is 0.340 e. The molecular weight excluding hydrogens is 322 g/mol. The average molecular weight is 347 g/mol. The molecule has 1 N–H and O–H groups in total. The molecule has 0 aliphatic heterocycles. The number of aromatic nitrogens is 1. The molecule has 0 spiro atoms. The van der Waals surface area contributed by atoms with Crippen LogP contribution in [0.15, 0.2) is 12.2 Å². The topological polar surface area (TPSA) is 85.5 Å². The lowest BCUT2D eigenvalue weighted by atomic mass is 9.94. The van der Waals surface area contributed by atoms with Crippen molar-refractivity contribution in [2.45, 2.75) is 53.1 Å². The second kappa shape index (κ2) is 8.14. The van der Waals surface area contributed by atoms with Crippen LogP contribution in [0.5, 0.6) is 0 Å². The number of Topliss-reactive ketones (excluding diaryl/α,β-unsaturated/α-hetero) is 1. The van der Waals surface area contributed by atoms with Gasteiger partial charge >= 0.3 is 11.9 Å². The van der Waals surface area contributed by atoms with Gasteiger partial charge in [-0.25, -0.2) is 4.79 Å². The molecule has 1 aliphatic rings. The Kier molecular flexibility index (Phi) is 6.17. The fourth-order valence-electron chi connectivity index (χ4n) is 3.04. The number of nitrogens with one attached hydrogen (secondary N) is 1. The molecule has 0 radical (unpaired) electrons. The van der Waals surface area contributed by atoms with Gasteiger partial charge in [0, 0.05) is 5.69 Å². The summed E-state index contributed by atoms with van der Waals surface area (Å²) in [5.74, 6) is -1.36. The van der Waals surface area contributed by atoms with E-state index in [0.29, 0.717) is 23.2 Å². The van der Waals surface area contributed by atoms with E-state index in [2.05, 4.69) is 4.98 Å². The number of ketones is 1. The van der Waals surface area contributed by atoms with Crippen LogP contribution in [0.3, 0.4) is 0 Å². The molecule has 136 valence electrons. The molecule has 1 aliphatic carbocycles. The van der Waals surface area contributed by atoms with E-state index in [9.17, 15) is 14.4 Å². The molecule has 2 atom stereocenters. The Hall–Kier alpha value is -2.37. The highest BCUT2D eigenvalue weighted by Crippen LogP contribution is 2.23. The van der Waals surface area contributed by atoms with Crippen molar-refractivity contribution in [3.8, 4) is 0 Å². The van der Waals surface area contributed by atoms with Gasteiger partial charge in [0.1, 0.15) is 0 Å². The fraction of sp³-hybridized carbons (Fsp3) is 0.526. The minimum atomic E-state index is -0.912. The first-order valence-corrected chi connectivity index (χ1v) is 8.62. The maximum absolute atomic E-state index is 12.7. The second-order valence-corrected chi connectivity index (χ2v) is 6.27. The summed E-state index contributed by atoms with van der Waals surface area (Å²) in [6.07, 6.45) is 5.33. The number of rotatable bonds is 6. The lowest BCUT2D eigenvalue weighted by Gasteiger charge is -2.19. The van der Waals surface area contributed by atoms with Crippen molar-refractivity contribution in [1.82, 2.24) is 4.98 Å². The highest BCUT2D eigenvalue weighted by molar-refractivity contribution is 6.04. The summed E-state index contributed by atoms with van der Waals surface area (Å²) in [5, 5.41) is 0. The Bertz CT molecular complexity index is 701. The van der Waals surface area contributed by atoms with E-state index < -0.39 is 12.1 Å². The van der Waals surface area contributed by atoms with Crippen LogP contribution in [0.1, 0.15) is 65.2 Å². The van der Waals surface area contributed by atoms with E-state index in [-0.39, 0.29) is 30.0 Å². The van der Waals surface area contributed by atoms with Gasteiger partial charge in [-0.2, -0.15) is 0 Å². The van der Waals surface area contributed by atoms with E-state index in [1.165, 1.54) is 0 Å². The normalized spacial score (nSPS) is 17.8. The van der Waals surface area contributed by atoms with Gasteiger partial charge in [0.05, 0.1) is 23.8 Å². The largest absolute Gasteiger partial charge is 0.462 e. The number of hydrogen-bond acceptors (Lipinski definition) is 5. The molecule has 0 saturated heterocycles. The molecule has 1 aromatic rings. The van der Waals surface area contributed by atoms with Crippen LogP contribution in [0.25, 0.3) is 0 Å². The Morgan fingerprint density at radius 3 is 2.60 bits per heavy atom. The highest BCUT2D eigenvalue weighted by Gasteiger charge is 2.29. The van der Waals surface area contributed by atoms with Crippen LogP contribution < -0.4 is 0 Å². The van der Waals surface area contributed by atoms with Crippen molar-refractivity contribution in [3.63, 3.8) is 0 Å². The first kappa shape index (κ1) is 19.0. The molecule has 25 heavy (non-hydrogen) atoms. The van der Waals surface area contributed by atoms with Gasteiger partial charge in [0.2, 0.25) is 5.78 Å². The van der Waals surface area contributed by atoms with Crippen LogP contribution in [-0.4, -0.2) is 35.4 Å². The number of ether oxygens (including phenoxy) is 2. The monoisotopic (exact) mass is 347 g/mol. The number of allylic oxidation sites excluding steroid dienone is 2. The number of esters is 2. The molecule has 1 heterocycles. The molecule has 0 unspecified atom stereocenters. The molecule has 0 aromatic carbocycles. The predicted octanol–water partition coefficient (Wildman–Crippen LogP) is 3.28. The molecule has 6 nitrogen and oxygen atoms in total. The summed E-state index contributed by atoms with van der Waals surface area (Å²) >= 11 is 0. The van der Waals surface area contributed by atoms with Crippen LogP contribution >= 0.6 is 0 Å². The Balaban J connectivity index is 2.11. The van der Waals surface area contributed by atoms with E-state index in [1.807, 2.05) is 12.2 Å². The first-order valence-electron chi connectivity index (χ1n) is 8.62. The maximum atomic E-state index is 12.7. The number of hydrogen-bond donors (Lipinski definition) is 1. The zero-order valence-electron chi connectivity index (χ0n) is 15.2. The van der Waals surface area contributed by atoms with Gasteiger partial charge in [0.15, 0.2) is 6.10 Å². The van der Waals surface area contributed by atoms with Crippen molar-refractivity contribution in [1.29, 1.82) is 0 Å². The van der Waals surface area contributed by atoms with Crippen LogP contribution in [0.2, 0.25) is 0 Å². The number of carbonyl (C=O) groups is 3. The number of H-pyrrole nitrogens is 1. The minimum Gasteiger partial charge on any atom is -0.462 e. The second-order valence-electron chi connectivity index (χ2n) is 6.27. The SMILES string of the molecule is CCOC(=O)c1c(C)[nH]c(C(=O)[C@H](C)OC(=O)[C@@H]2CC=CCC2)c1C. The van der Waals surface area contributed by atoms with Gasteiger partial charge in [-0.1, -0.05) is 12.2 Å². The Morgan fingerprint density at radius 1 is 1.28 bits per heavy atom. The van der Waals surface area contributed by atoms with E-state index >= 15 is 0 Å². The van der Waals surface area contributed by atoms with Gasteiger partial charge in [-0.3, -0.25) is 9.59 Å². The van der Waals surface area contributed by atoms with Gasteiger partial charge in [-0.05, 0) is 52.5 Å². The van der Waals surface area contributed by atoms with Crippen LogP contribution in [0, 0.1) is 19.8 Å². The Morgan fingerprint density at radius 2 is 2.00 bits per heavy atom. The van der Waals surface area contributed by atoms with Crippen LogP contribution in [-0.2, 0) is 14.3 Å². The zero-order chi connectivity index (χ0) is 18.6. The summed E-state index contributed by atoms with van der Waals surface area (Å²) in [7, 11) is 0. The van der Waals surface area contributed by atoms with E-state index in [0.717, 1.165) is 12.8 Å². The molecule has 1 aromatic heterocycles. The van der Waals surface area contributed by atoms with Crippen molar-refractivity contribution in [3.05, 3.63) is 34.7 Å². The molecular formula is C19H25NO5. The molecule has 2 rings (SSSR count). The fourth-order valence-corrected chi connectivity index (χ4v) is 3.04. The van der Waals surface area contributed by atoms with E-state index in [4.69, 9.17) is 9.47 Å². The van der Waals surface area contributed by atoms with E-state index in [1.54, 1.807) is 27.7 Å². The zero-order valence-corrected chi connectivity index (χ0v) is 15.2. The summed E-state index contributed by atoms with van der Waals surface area (Å²) < 4.78 is 10.4. The van der Waals surface area contributed by atoms with Crippen molar-refractivity contribution < 1.29 is 23.9 Å². The van der Waals surface area contributed by atoms with Crippen molar-refractivity contribution in [2.75, 3.05) is 6.61 Å². The van der Waals surface area contributed by atoms with Crippen molar-refractivity contribution in [2.24, 2.45) is 5.92 Å². The molecule has 6 heteroatoms. The number of carbonyl (C=O) groups excluding carboxylic acids is 3. The summed E-state index contributed by atoms with van der Waals surface area (Å²) in [5.41, 5.74) is 1.73. The first-order chi connectivity index (χ1) is 11.9. The quantitative estimate of drug-likeness (QED) is 0.485. The summed E-state index contributed by atoms with van der Waals surface area (Å²) in [4.78, 5) is 39.8. The lowest BCUT2D eigenvalue weighted by Crippen LogP contribution is -2.29. The molecule has 0 saturated carbocycles. The third-order valence-electron chi connectivity index (χ3n) is 4.43. The molecule has 0 fully saturated rings. The predicted molar refractivity (Wildman–Crippen MR) is 92.6 cm³/mol. The standard InChI is InChI=1S/C19H25NO5/c1-5-24-19(23)15-11(2)16(20-12(15)3)17(21)13(4)25-18(22)14-9-7-6-8-10-14/h6-7,13-14,20H,5,8-10H2,1-4H3/t13-,14+/m0/s1. The van der Waals surface area contributed by atoms with Crippen LogP contribution in [0.4, 0.5) is 0 Å². The minimum absolute atomic E-state index is 0.193. The maximum Gasteiger partial charge on any atom is 0.340 e. The molecule has 0 amide bonds. The highest BCUT2D eigenvalue weighted by atomic mass is 16.5. The Labute approximate surface area is 147 Å². The average Bonchev–Trinajstić information content (AvgIpc) is 2.89. The number of aromatic amines is 1. The molecule has 0 bridgehead atoms. The summed E-state index contributed by atoms with van der Waals surface area (Å²) in [6, 6.07) is 0. The lowest BCUT2D eigenvalue weighted by molar-refractivity contribution is -0.151. The van der Waals surface area contributed by atoms with Crippen molar-refractivity contribution >= 4 is 17.7 Å².